The SMILES string of the molecule is CC[C@H]1OC(=O)[C@H](C)[C@@H](O[C@H]2C[C@@](C)(OC)[C@@H](O)[C@H](C)O2)[C@H](C)[C@@H](O[C@@H]2O[C@H](C)C[C@@H](N(C)C)[C@H]2OC(=O)CCC(=O)Cc2nc3ccccc3c3ncn(CC(C)C)c23)[C@](C)(O)C[C@@H](C)CN(C)[C@H](C)[C@@H](O)[C@]1(C)O. The molecule has 0 aliphatic carbocycles. The quantitative estimate of drug-likeness (QED) is 0.136. The number of esters is 2. The number of aliphatic hydroxyl groups is 4. The Morgan fingerprint density at radius 1 is 0.947 bits per heavy atom. The third kappa shape index (κ3) is 13.8. The number of hydrogen-bond donors (Lipinski definition) is 4. The number of aromatic nitrogens is 3. The Labute approximate surface area is 450 Å². The third-order valence-electron chi connectivity index (χ3n) is 16.5. The number of ketones is 1. The summed E-state index contributed by atoms with van der Waals surface area (Å²) < 4.78 is 47.2. The van der Waals surface area contributed by atoms with Crippen molar-refractivity contribution < 1.29 is 68.0 Å². The number of likely N-dealkylation sites (N-methyl/N-ethyl adjacent to an activating group) is 2. The van der Waals surface area contributed by atoms with E-state index < -0.39 is 114 Å². The highest BCUT2D eigenvalue weighted by molar-refractivity contribution is 6.04. The molecule has 0 amide bonds. The van der Waals surface area contributed by atoms with E-state index in [2.05, 4.69) is 13.8 Å². The second-order valence-corrected chi connectivity index (χ2v) is 23.9. The fourth-order valence-corrected chi connectivity index (χ4v) is 12.1. The maximum absolute atomic E-state index is 14.6. The lowest BCUT2D eigenvalue weighted by atomic mass is 9.77. The normalized spacial score (nSPS) is 37.8. The lowest BCUT2D eigenvalue weighted by Crippen LogP contribution is -2.61. The van der Waals surface area contributed by atoms with Crippen LogP contribution in [0.5, 0.6) is 0 Å². The average Bonchev–Trinajstić information content (AvgIpc) is 3.77. The Morgan fingerprint density at radius 3 is 2.28 bits per heavy atom. The number of fused-ring (bicyclic) bond motifs is 3. The van der Waals surface area contributed by atoms with Crippen LogP contribution in [0.1, 0.15) is 127 Å². The molecule has 18 atom stereocenters. The summed E-state index contributed by atoms with van der Waals surface area (Å²) in [6.07, 6.45) is -8.00. The molecule has 0 unspecified atom stereocenters. The molecular formula is C57H91N5O14. The topological polar surface area (TPSA) is 234 Å². The molecule has 0 spiro atoms. The van der Waals surface area contributed by atoms with E-state index in [-0.39, 0.29) is 50.2 Å². The van der Waals surface area contributed by atoms with Crippen LogP contribution in [0.4, 0.5) is 0 Å². The smallest absolute Gasteiger partial charge is 0.311 e. The van der Waals surface area contributed by atoms with Crippen LogP contribution in [-0.2, 0) is 60.5 Å². The van der Waals surface area contributed by atoms with Gasteiger partial charge >= 0.3 is 11.9 Å². The summed E-state index contributed by atoms with van der Waals surface area (Å²) >= 11 is 0. The predicted molar refractivity (Wildman–Crippen MR) is 286 cm³/mol. The summed E-state index contributed by atoms with van der Waals surface area (Å²) in [6, 6.07) is 6.68. The van der Waals surface area contributed by atoms with Gasteiger partial charge in [0.2, 0.25) is 0 Å². The van der Waals surface area contributed by atoms with Crippen LogP contribution < -0.4 is 0 Å². The van der Waals surface area contributed by atoms with Gasteiger partial charge in [-0.25, -0.2) is 4.98 Å². The first-order chi connectivity index (χ1) is 35.5. The van der Waals surface area contributed by atoms with Gasteiger partial charge in [-0.2, -0.15) is 0 Å². The van der Waals surface area contributed by atoms with E-state index in [0.717, 1.165) is 21.9 Å². The molecule has 3 fully saturated rings. The predicted octanol–water partition coefficient (Wildman–Crippen LogP) is 5.60. The Hall–Kier alpha value is -3.73. The largest absolute Gasteiger partial charge is 0.459 e. The number of cyclic esters (lactones) is 1. The lowest BCUT2D eigenvalue weighted by Gasteiger charge is -2.49. The molecular weight excluding hydrogens is 979 g/mol. The number of methoxy groups -OCH3 is 1. The first-order valence-corrected chi connectivity index (χ1v) is 27.5. The third-order valence-corrected chi connectivity index (χ3v) is 16.5. The van der Waals surface area contributed by atoms with Gasteiger partial charge in [0, 0.05) is 50.4 Å². The number of nitrogens with zero attached hydrogens (tertiary/aromatic N) is 5. The van der Waals surface area contributed by atoms with Crippen molar-refractivity contribution in [1.82, 2.24) is 24.3 Å². The van der Waals surface area contributed by atoms with Gasteiger partial charge in [-0.15, -0.1) is 0 Å². The van der Waals surface area contributed by atoms with Crippen LogP contribution in [0.2, 0.25) is 0 Å². The number of rotatable bonds is 15. The molecule has 3 aromatic rings. The zero-order valence-electron chi connectivity index (χ0n) is 48.1. The van der Waals surface area contributed by atoms with Crippen LogP contribution in [0.15, 0.2) is 30.6 Å². The Balaban J connectivity index is 1.34. The highest BCUT2D eigenvalue weighted by Crippen LogP contribution is 2.41. The number of Topliss-reactive ketones (excluding diaryl/α,β-unsaturated/α-hetero) is 1. The van der Waals surface area contributed by atoms with Crippen molar-refractivity contribution in [1.29, 1.82) is 0 Å². The highest BCUT2D eigenvalue weighted by atomic mass is 16.7. The summed E-state index contributed by atoms with van der Waals surface area (Å²) in [7, 11) is 7.07. The summed E-state index contributed by atoms with van der Waals surface area (Å²) in [6.45, 7) is 22.7. The van der Waals surface area contributed by atoms with E-state index in [1.54, 1.807) is 54.8 Å². The molecule has 6 rings (SSSR count). The first kappa shape index (κ1) is 61.5. The van der Waals surface area contributed by atoms with E-state index in [1.165, 1.54) is 14.0 Å². The van der Waals surface area contributed by atoms with Crippen LogP contribution in [-0.4, -0.2) is 188 Å². The molecule has 3 saturated heterocycles. The Kier molecular flexibility index (Phi) is 20.4. The molecule has 5 heterocycles. The Bertz CT molecular complexity index is 2430. The average molecular weight is 1070 g/mol. The number of pyridine rings is 1. The van der Waals surface area contributed by atoms with Crippen molar-refractivity contribution in [2.24, 2.45) is 23.7 Å². The number of carbonyl (C=O) groups is 3. The van der Waals surface area contributed by atoms with Gasteiger partial charge in [0.1, 0.15) is 29.7 Å². The number of hydrogen-bond acceptors (Lipinski definition) is 18. The molecule has 1 aromatic carbocycles. The number of imidazole rings is 1. The van der Waals surface area contributed by atoms with E-state index in [0.29, 0.717) is 31.1 Å². The van der Waals surface area contributed by atoms with Crippen molar-refractivity contribution in [3.05, 3.63) is 36.3 Å². The van der Waals surface area contributed by atoms with Crippen LogP contribution in [0.25, 0.3) is 21.9 Å². The molecule has 0 radical (unpaired) electrons. The fraction of sp³-hybridized carbons (Fsp3) is 0.772. The van der Waals surface area contributed by atoms with Gasteiger partial charge in [0.05, 0.1) is 89.0 Å². The van der Waals surface area contributed by atoms with E-state index >= 15 is 0 Å². The standard InChI is InChI=1S/C57H91N5O14/c1-17-43-57(12,69)50(65)36(8)61(15)29-32(4)26-55(10,68)52(34(6)48(35(7)53(67)73-43)75-45-27-56(11,70-16)51(66)37(9)72-45)76-54-49(42(60(13)14)24-33(5)71-54)74-44(64)23-22-38(63)25-41-47-46(58-30-62(47)28-31(2)3)39-20-18-19-21-40(39)59-41/h18-21,30-37,42-43,45,48-52,54,65-66,68-69H,17,22-29H2,1-16H3/t32-,33-,34+,35-,36-,37+,42-,43-,45+,48+,49-,50-,51+,52-,54+,55-,56-,57-/m1/s1. The molecule has 428 valence electrons. The highest BCUT2D eigenvalue weighted by Gasteiger charge is 2.53. The zero-order chi connectivity index (χ0) is 56.4. The summed E-state index contributed by atoms with van der Waals surface area (Å²) in [5.74, 6) is -3.49. The molecule has 0 bridgehead atoms. The van der Waals surface area contributed by atoms with Crippen molar-refractivity contribution in [3.8, 4) is 0 Å². The number of ether oxygens (including phenoxy) is 7. The molecule has 3 aliphatic rings. The maximum Gasteiger partial charge on any atom is 0.311 e. The van der Waals surface area contributed by atoms with Gasteiger partial charge in [-0.1, -0.05) is 52.8 Å². The first-order valence-electron chi connectivity index (χ1n) is 27.5. The molecule has 76 heavy (non-hydrogen) atoms. The minimum absolute atomic E-state index is 0.0133. The van der Waals surface area contributed by atoms with Gasteiger partial charge < -0.3 is 68.0 Å². The van der Waals surface area contributed by atoms with Crippen molar-refractivity contribution in [2.75, 3.05) is 34.8 Å². The summed E-state index contributed by atoms with van der Waals surface area (Å²) in [5.41, 5.74) is -1.78. The van der Waals surface area contributed by atoms with Gasteiger partial charge in [-0.05, 0) is 107 Å². The number of carbonyl (C=O) groups excluding carboxylic acids is 3. The molecule has 19 heteroatoms. The Morgan fingerprint density at radius 2 is 1.63 bits per heavy atom. The van der Waals surface area contributed by atoms with E-state index in [9.17, 15) is 34.8 Å². The zero-order valence-corrected chi connectivity index (χ0v) is 48.1. The second kappa shape index (κ2) is 25.2. The van der Waals surface area contributed by atoms with Gasteiger partial charge in [0.25, 0.3) is 0 Å². The fourth-order valence-electron chi connectivity index (χ4n) is 12.1. The minimum Gasteiger partial charge on any atom is -0.459 e. The van der Waals surface area contributed by atoms with Gasteiger partial charge in [-0.3, -0.25) is 19.4 Å². The number of benzene rings is 1. The minimum atomic E-state index is -1.87. The van der Waals surface area contributed by atoms with Crippen molar-refractivity contribution in [2.45, 2.75) is 225 Å². The van der Waals surface area contributed by atoms with Crippen molar-refractivity contribution >= 4 is 39.7 Å². The van der Waals surface area contributed by atoms with Crippen LogP contribution >= 0.6 is 0 Å². The molecule has 3 aliphatic heterocycles. The monoisotopic (exact) mass is 1070 g/mol. The number of para-hydroxylation sites is 1. The van der Waals surface area contributed by atoms with Crippen LogP contribution in [0.3, 0.4) is 0 Å². The van der Waals surface area contributed by atoms with E-state index in [1.807, 2.05) is 73.6 Å². The molecule has 4 N–H and O–H groups in total. The lowest BCUT2D eigenvalue weighted by molar-refractivity contribution is -0.319. The summed E-state index contributed by atoms with van der Waals surface area (Å²) in [5, 5.41) is 48.8. The van der Waals surface area contributed by atoms with Crippen molar-refractivity contribution in [3.63, 3.8) is 0 Å². The van der Waals surface area contributed by atoms with Crippen LogP contribution in [0, 0.1) is 23.7 Å². The molecule has 2 aromatic heterocycles. The van der Waals surface area contributed by atoms with E-state index in [4.69, 9.17) is 43.1 Å². The molecule has 19 nitrogen and oxygen atoms in total. The molecule has 0 saturated carbocycles. The summed E-state index contributed by atoms with van der Waals surface area (Å²) in [4.78, 5) is 56.2. The maximum atomic E-state index is 14.6. The van der Waals surface area contributed by atoms with Gasteiger partial charge in [0.15, 0.2) is 18.7 Å². The number of aliphatic hydroxyl groups excluding tert-OH is 2. The second-order valence-electron chi connectivity index (χ2n) is 23.9.